The number of aromatic nitrogens is 3. The van der Waals surface area contributed by atoms with Crippen molar-refractivity contribution < 1.29 is 14.7 Å². The summed E-state index contributed by atoms with van der Waals surface area (Å²) < 4.78 is 0. The molecule has 0 radical (unpaired) electrons. The Morgan fingerprint density at radius 1 is 1.27 bits per heavy atom. The van der Waals surface area contributed by atoms with Crippen molar-refractivity contribution in [1.29, 1.82) is 0 Å². The number of hydrogen-bond donors (Lipinski definition) is 2. The van der Waals surface area contributed by atoms with Crippen LogP contribution < -0.4 is 5.32 Å². The molecule has 9 nitrogen and oxygen atoms in total. The third-order valence-electron chi connectivity index (χ3n) is 6.40. The van der Waals surface area contributed by atoms with Crippen molar-refractivity contribution >= 4 is 23.2 Å². The van der Waals surface area contributed by atoms with Gasteiger partial charge in [-0.2, -0.15) is 0 Å². The quantitative estimate of drug-likeness (QED) is 0.623. The van der Waals surface area contributed by atoms with Gasteiger partial charge in [0.1, 0.15) is 12.0 Å². The van der Waals surface area contributed by atoms with Crippen molar-refractivity contribution in [3.05, 3.63) is 39.4 Å². The number of rotatable bonds is 7. The average molecular weight is 473 g/mol. The summed E-state index contributed by atoms with van der Waals surface area (Å²) in [6.07, 6.45) is 4.32. The zero-order valence-electron chi connectivity index (χ0n) is 19.3. The van der Waals surface area contributed by atoms with Crippen molar-refractivity contribution in [2.45, 2.75) is 52.2 Å². The van der Waals surface area contributed by atoms with Crippen molar-refractivity contribution in [2.24, 2.45) is 5.92 Å². The number of carbonyl (C=O) groups excluding carboxylic acids is 2. The average Bonchev–Trinajstić information content (AvgIpc) is 3.17. The number of aryl methyl sites for hydroxylation is 1. The van der Waals surface area contributed by atoms with Gasteiger partial charge in [0.05, 0.1) is 16.8 Å². The van der Waals surface area contributed by atoms with Gasteiger partial charge in [-0.3, -0.25) is 14.5 Å². The molecule has 2 aliphatic heterocycles. The summed E-state index contributed by atoms with van der Waals surface area (Å²) in [5, 5.41) is 14.3. The van der Waals surface area contributed by atoms with Crippen molar-refractivity contribution in [2.75, 3.05) is 32.7 Å². The van der Waals surface area contributed by atoms with Gasteiger partial charge in [0, 0.05) is 63.2 Å². The minimum atomic E-state index is -0.655. The highest BCUT2D eigenvalue weighted by molar-refractivity contribution is 7.11. The summed E-state index contributed by atoms with van der Waals surface area (Å²) >= 11 is 1.72. The zero-order chi connectivity index (χ0) is 23.4. The summed E-state index contributed by atoms with van der Waals surface area (Å²) in [4.78, 5) is 42.4. The van der Waals surface area contributed by atoms with Gasteiger partial charge in [-0.05, 0) is 38.2 Å². The Morgan fingerprint density at radius 3 is 2.82 bits per heavy atom. The molecule has 0 saturated carbocycles. The van der Waals surface area contributed by atoms with Gasteiger partial charge in [-0.15, -0.1) is 11.3 Å². The summed E-state index contributed by atoms with van der Waals surface area (Å²) in [7, 11) is 0. The normalized spacial score (nSPS) is 18.1. The maximum Gasteiger partial charge on any atom is 0.270 e. The van der Waals surface area contributed by atoms with E-state index >= 15 is 0 Å². The molecule has 33 heavy (non-hydrogen) atoms. The molecule has 0 bridgehead atoms. The third-order valence-corrected chi connectivity index (χ3v) is 7.40. The number of amides is 2. The predicted octanol–water partition coefficient (Wildman–Crippen LogP) is 1.19. The van der Waals surface area contributed by atoms with E-state index in [0.29, 0.717) is 18.2 Å². The summed E-state index contributed by atoms with van der Waals surface area (Å²) in [6.45, 7) is 7.52. The van der Waals surface area contributed by atoms with Crippen LogP contribution in [0.25, 0.3) is 0 Å². The molecule has 1 fully saturated rings. The molecule has 4 rings (SSSR count). The van der Waals surface area contributed by atoms with Gasteiger partial charge in [-0.1, -0.05) is 0 Å². The minimum Gasteiger partial charge on any atom is -0.390 e. The molecule has 0 spiro atoms. The molecule has 1 saturated heterocycles. The first-order chi connectivity index (χ1) is 15.9. The molecule has 2 aromatic heterocycles. The highest BCUT2D eigenvalue weighted by Gasteiger charge is 2.23. The number of β-amino-alcohol motifs (C(OH)–C–C–N with tert-alkyl or cyclic N) is 1. The largest absolute Gasteiger partial charge is 0.390 e. The molecule has 2 aromatic rings. The Bertz CT molecular complexity index is 988. The van der Waals surface area contributed by atoms with Gasteiger partial charge in [-0.25, -0.2) is 15.0 Å². The lowest BCUT2D eigenvalue weighted by Crippen LogP contribution is -2.42. The van der Waals surface area contributed by atoms with Crippen molar-refractivity contribution in [3.8, 4) is 0 Å². The number of likely N-dealkylation sites (tertiary alicyclic amines) is 1. The van der Waals surface area contributed by atoms with Gasteiger partial charge >= 0.3 is 0 Å². The van der Waals surface area contributed by atoms with Crippen molar-refractivity contribution in [1.82, 2.24) is 30.1 Å². The number of aliphatic hydroxyl groups is 1. The lowest BCUT2D eigenvalue weighted by Gasteiger charge is -2.31. The standard InChI is InChI=1S/C23H32N6O3S/c1-15-27-20-5-6-28(13-22(20)33-15)12-19(31)11-24-23(32)21-10-18(25-14-26-21)9-17-3-7-29(8-4-17)16(2)30/h10,14,17,19,31H,3-9,11-13H2,1-2H3,(H,24,32)/t19-/m0/s1. The first kappa shape index (κ1) is 23.7. The van der Waals surface area contributed by atoms with E-state index in [9.17, 15) is 14.7 Å². The van der Waals surface area contributed by atoms with Crippen LogP contribution in [0.3, 0.4) is 0 Å². The van der Waals surface area contributed by atoms with Gasteiger partial charge in [0.25, 0.3) is 5.91 Å². The van der Waals surface area contributed by atoms with E-state index < -0.39 is 6.10 Å². The number of hydrogen-bond acceptors (Lipinski definition) is 8. The Kier molecular flexibility index (Phi) is 7.67. The number of aliphatic hydroxyl groups excluding tert-OH is 1. The summed E-state index contributed by atoms with van der Waals surface area (Å²) in [5.41, 5.74) is 2.33. The maximum atomic E-state index is 12.6. The van der Waals surface area contributed by atoms with E-state index in [0.717, 1.165) is 62.6 Å². The number of carbonyl (C=O) groups is 2. The molecule has 0 unspecified atom stereocenters. The number of fused-ring (bicyclic) bond motifs is 1. The van der Waals surface area contributed by atoms with Crippen LogP contribution in [0.1, 0.15) is 51.5 Å². The molecule has 178 valence electrons. The van der Waals surface area contributed by atoms with Crippen LogP contribution in [0.2, 0.25) is 0 Å². The van der Waals surface area contributed by atoms with E-state index in [-0.39, 0.29) is 18.4 Å². The van der Waals surface area contributed by atoms with Crippen LogP contribution in [-0.4, -0.2) is 80.5 Å². The molecule has 1 atom stereocenters. The van der Waals surface area contributed by atoms with E-state index in [4.69, 9.17) is 0 Å². The third kappa shape index (κ3) is 6.33. The molecular formula is C23H32N6O3S. The predicted molar refractivity (Wildman–Crippen MR) is 125 cm³/mol. The van der Waals surface area contributed by atoms with Crippen molar-refractivity contribution in [3.63, 3.8) is 0 Å². The second kappa shape index (κ2) is 10.7. The molecule has 2 amide bonds. The highest BCUT2D eigenvalue weighted by Crippen LogP contribution is 2.24. The molecule has 10 heteroatoms. The number of piperidine rings is 1. The van der Waals surface area contributed by atoms with E-state index in [1.165, 1.54) is 16.9 Å². The maximum absolute atomic E-state index is 12.6. The monoisotopic (exact) mass is 472 g/mol. The molecular weight excluding hydrogens is 440 g/mol. The SMILES string of the molecule is CC(=O)N1CCC(Cc2cc(C(=O)NC[C@H](O)CN3CCc4nc(C)sc4C3)ncn2)CC1. The Balaban J connectivity index is 1.23. The van der Waals surface area contributed by atoms with Crippen LogP contribution in [0, 0.1) is 12.8 Å². The van der Waals surface area contributed by atoms with Crippen LogP contribution in [-0.2, 0) is 24.2 Å². The highest BCUT2D eigenvalue weighted by atomic mass is 32.1. The van der Waals surface area contributed by atoms with Crippen LogP contribution in [0.4, 0.5) is 0 Å². The lowest BCUT2D eigenvalue weighted by atomic mass is 9.92. The van der Waals surface area contributed by atoms with Gasteiger partial charge in [0.15, 0.2) is 0 Å². The summed E-state index contributed by atoms with van der Waals surface area (Å²) in [5.74, 6) is 0.268. The molecule has 0 aromatic carbocycles. The Hall–Kier alpha value is -2.43. The van der Waals surface area contributed by atoms with Crippen LogP contribution in [0.5, 0.6) is 0 Å². The van der Waals surface area contributed by atoms with E-state index in [1.54, 1.807) is 24.3 Å². The Labute approximate surface area is 198 Å². The van der Waals surface area contributed by atoms with Gasteiger partial charge in [0.2, 0.25) is 5.91 Å². The fraction of sp³-hybridized carbons (Fsp3) is 0.609. The second-order valence-corrected chi connectivity index (χ2v) is 10.3. The molecule has 0 aliphatic carbocycles. The first-order valence-corrected chi connectivity index (χ1v) is 12.4. The molecule has 2 N–H and O–H groups in total. The zero-order valence-corrected chi connectivity index (χ0v) is 20.1. The molecule has 2 aliphatic rings. The number of nitrogens with zero attached hydrogens (tertiary/aromatic N) is 5. The molecule has 4 heterocycles. The van der Waals surface area contributed by atoms with E-state index in [1.807, 2.05) is 11.8 Å². The van der Waals surface area contributed by atoms with Gasteiger partial charge < -0.3 is 15.3 Å². The second-order valence-electron chi connectivity index (χ2n) is 9.00. The van der Waals surface area contributed by atoms with Crippen LogP contribution >= 0.6 is 11.3 Å². The fourth-order valence-corrected chi connectivity index (χ4v) is 5.60. The lowest BCUT2D eigenvalue weighted by molar-refractivity contribution is -0.130. The topological polar surface area (TPSA) is 112 Å². The Morgan fingerprint density at radius 2 is 2.06 bits per heavy atom. The van der Waals surface area contributed by atoms with E-state index in [2.05, 4.69) is 25.2 Å². The fourth-order valence-electron chi connectivity index (χ4n) is 4.58. The summed E-state index contributed by atoms with van der Waals surface area (Å²) in [6, 6.07) is 1.73. The minimum absolute atomic E-state index is 0.125. The van der Waals surface area contributed by atoms with Crippen LogP contribution in [0.15, 0.2) is 12.4 Å². The smallest absolute Gasteiger partial charge is 0.270 e. The number of nitrogens with one attached hydrogen (secondary N) is 1. The first-order valence-electron chi connectivity index (χ1n) is 11.6. The number of thiazole rings is 1.